The van der Waals surface area contributed by atoms with Crippen LogP contribution in [-0.2, 0) is 6.54 Å². The first-order valence-corrected chi connectivity index (χ1v) is 5.56. The van der Waals surface area contributed by atoms with Crippen molar-refractivity contribution in [2.75, 3.05) is 6.54 Å². The van der Waals surface area contributed by atoms with Crippen molar-refractivity contribution in [3.63, 3.8) is 0 Å². The average molecular weight is 194 g/mol. The maximum Gasteiger partial charge on any atom is 0.140 e. The largest absolute Gasteiger partial charge is 0.361 e. The van der Waals surface area contributed by atoms with Crippen molar-refractivity contribution in [1.29, 1.82) is 0 Å². The zero-order valence-electron chi connectivity index (χ0n) is 8.75. The van der Waals surface area contributed by atoms with E-state index >= 15 is 0 Å². The molecule has 0 amide bonds. The Labute approximate surface area is 84.9 Å². The lowest BCUT2D eigenvalue weighted by Gasteiger charge is -2.00. The molecule has 78 valence electrons. The van der Waals surface area contributed by atoms with Crippen molar-refractivity contribution in [3.8, 4) is 0 Å². The van der Waals surface area contributed by atoms with Gasteiger partial charge in [0, 0.05) is 18.5 Å². The minimum atomic E-state index is 0.637. The highest BCUT2D eigenvalue weighted by molar-refractivity contribution is 5.10. The van der Waals surface area contributed by atoms with Crippen LogP contribution in [0.4, 0.5) is 0 Å². The summed E-state index contributed by atoms with van der Waals surface area (Å²) >= 11 is 0. The maximum absolute atomic E-state index is 5.36. The Balaban J connectivity index is 1.94. The second-order valence-electron chi connectivity index (χ2n) is 3.98. The first-order valence-electron chi connectivity index (χ1n) is 5.56. The van der Waals surface area contributed by atoms with Crippen LogP contribution in [0, 0.1) is 0 Å². The molecular weight excluding hydrogens is 176 g/mol. The lowest BCUT2D eigenvalue weighted by Crippen LogP contribution is -2.11. The van der Waals surface area contributed by atoms with Gasteiger partial charge in [-0.1, -0.05) is 24.9 Å². The third-order valence-corrected chi connectivity index (χ3v) is 2.89. The fourth-order valence-electron chi connectivity index (χ4n) is 2.07. The van der Waals surface area contributed by atoms with Crippen LogP contribution in [0.25, 0.3) is 0 Å². The molecule has 0 unspecified atom stereocenters. The van der Waals surface area contributed by atoms with Crippen LogP contribution in [-0.4, -0.2) is 11.7 Å². The highest BCUT2D eigenvalue weighted by atomic mass is 16.5. The van der Waals surface area contributed by atoms with Gasteiger partial charge in [0.05, 0.1) is 5.69 Å². The second kappa shape index (κ2) is 4.60. The van der Waals surface area contributed by atoms with Gasteiger partial charge in [0.25, 0.3) is 0 Å². The quantitative estimate of drug-likeness (QED) is 0.800. The molecule has 3 heteroatoms. The highest BCUT2D eigenvalue weighted by Crippen LogP contribution is 2.34. The molecular formula is C11H18N2O. The van der Waals surface area contributed by atoms with E-state index < -0.39 is 0 Å². The Morgan fingerprint density at radius 3 is 3.00 bits per heavy atom. The van der Waals surface area contributed by atoms with Gasteiger partial charge in [-0.25, -0.2) is 0 Å². The minimum Gasteiger partial charge on any atom is -0.361 e. The molecule has 3 nitrogen and oxygen atoms in total. The molecule has 1 aromatic rings. The van der Waals surface area contributed by atoms with Gasteiger partial charge in [0.1, 0.15) is 5.76 Å². The molecule has 1 saturated carbocycles. The summed E-state index contributed by atoms with van der Waals surface area (Å²) in [7, 11) is 0. The maximum atomic E-state index is 5.36. The number of aromatic nitrogens is 1. The molecule has 1 aliphatic rings. The van der Waals surface area contributed by atoms with E-state index in [-0.39, 0.29) is 0 Å². The van der Waals surface area contributed by atoms with Crippen LogP contribution in [0.3, 0.4) is 0 Å². The Morgan fingerprint density at radius 1 is 1.50 bits per heavy atom. The number of nitrogens with one attached hydrogen (secondary N) is 1. The first kappa shape index (κ1) is 9.71. The number of hydrogen-bond acceptors (Lipinski definition) is 3. The van der Waals surface area contributed by atoms with Crippen molar-refractivity contribution in [1.82, 2.24) is 10.5 Å². The molecule has 0 bridgehead atoms. The lowest BCUT2D eigenvalue weighted by molar-refractivity contribution is 0.354. The van der Waals surface area contributed by atoms with Gasteiger partial charge in [0.2, 0.25) is 0 Å². The SMILES string of the molecule is CCNCc1cc(C2CCCC2)on1. The van der Waals surface area contributed by atoms with Crippen molar-refractivity contribution >= 4 is 0 Å². The fraction of sp³-hybridized carbons (Fsp3) is 0.727. The predicted octanol–water partition coefficient (Wildman–Crippen LogP) is 2.44. The molecule has 0 aliphatic heterocycles. The van der Waals surface area contributed by atoms with Crippen molar-refractivity contribution in [3.05, 3.63) is 17.5 Å². The molecule has 2 rings (SSSR count). The standard InChI is InChI=1S/C11H18N2O/c1-2-12-8-10-7-11(14-13-10)9-5-3-4-6-9/h7,9,12H,2-6,8H2,1H3. The van der Waals surface area contributed by atoms with Crippen LogP contribution in [0.2, 0.25) is 0 Å². The smallest absolute Gasteiger partial charge is 0.140 e. The fourth-order valence-corrected chi connectivity index (χ4v) is 2.07. The van der Waals surface area contributed by atoms with E-state index in [1.807, 2.05) is 0 Å². The Bertz CT molecular complexity index is 277. The topological polar surface area (TPSA) is 38.1 Å². The van der Waals surface area contributed by atoms with E-state index in [4.69, 9.17) is 4.52 Å². The van der Waals surface area contributed by atoms with Gasteiger partial charge in [-0.05, 0) is 19.4 Å². The van der Waals surface area contributed by atoms with E-state index in [9.17, 15) is 0 Å². The molecule has 1 N–H and O–H groups in total. The summed E-state index contributed by atoms with van der Waals surface area (Å²) in [6.07, 6.45) is 5.23. The Morgan fingerprint density at radius 2 is 2.29 bits per heavy atom. The Kier molecular flexibility index (Phi) is 3.19. The van der Waals surface area contributed by atoms with Crippen LogP contribution in [0.5, 0.6) is 0 Å². The third kappa shape index (κ3) is 2.15. The van der Waals surface area contributed by atoms with Crippen LogP contribution < -0.4 is 5.32 Å². The van der Waals surface area contributed by atoms with Crippen LogP contribution in [0.15, 0.2) is 10.6 Å². The van der Waals surface area contributed by atoms with Gasteiger partial charge in [0.15, 0.2) is 0 Å². The summed E-state index contributed by atoms with van der Waals surface area (Å²) in [5.41, 5.74) is 1.04. The minimum absolute atomic E-state index is 0.637. The summed E-state index contributed by atoms with van der Waals surface area (Å²) in [5.74, 6) is 1.73. The first-order chi connectivity index (χ1) is 6.90. The molecule has 1 heterocycles. The van der Waals surface area contributed by atoms with Crippen LogP contribution in [0.1, 0.15) is 50.0 Å². The monoisotopic (exact) mass is 194 g/mol. The molecule has 0 atom stereocenters. The van der Waals surface area contributed by atoms with Gasteiger partial charge < -0.3 is 9.84 Å². The van der Waals surface area contributed by atoms with Crippen molar-refractivity contribution in [2.24, 2.45) is 0 Å². The number of hydrogen-bond donors (Lipinski definition) is 1. The zero-order valence-corrected chi connectivity index (χ0v) is 8.75. The summed E-state index contributed by atoms with van der Waals surface area (Å²) in [6.45, 7) is 3.90. The molecule has 1 aliphatic carbocycles. The highest BCUT2D eigenvalue weighted by Gasteiger charge is 2.20. The molecule has 0 saturated heterocycles. The summed E-state index contributed by atoms with van der Waals surface area (Å²) in [4.78, 5) is 0. The molecule has 1 aromatic heterocycles. The van der Waals surface area contributed by atoms with E-state index in [0.29, 0.717) is 5.92 Å². The summed E-state index contributed by atoms with van der Waals surface area (Å²) < 4.78 is 5.36. The van der Waals surface area contributed by atoms with Gasteiger partial charge >= 0.3 is 0 Å². The van der Waals surface area contributed by atoms with Gasteiger partial charge in [-0.2, -0.15) is 0 Å². The molecule has 0 radical (unpaired) electrons. The van der Waals surface area contributed by atoms with E-state index in [0.717, 1.165) is 24.5 Å². The van der Waals surface area contributed by atoms with E-state index in [1.54, 1.807) is 0 Å². The van der Waals surface area contributed by atoms with Gasteiger partial charge in [-0.3, -0.25) is 0 Å². The predicted molar refractivity (Wildman–Crippen MR) is 55.1 cm³/mol. The lowest BCUT2D eigenvalue weighted by atomic mass is 10.1. The van der Waals surface area contributed by atoms with Crippen LogP contribution >= 0.6 is 0 Å². The average Bonchev–Trinajstić information content (AvgIpc) is 2.85. The van der Waals surface area contributed by atoms with E-state index in [2.05, 4.69) is 23.5 Å². The van der Waals surface area contributed by atoms with Crippen molar-refractivity contribution < 1.29 is 4.52 Å². The number of rotatable bonds is 4. The molecule has 1 fully saturated rings. The third-order valence-electron chi connectivity index (χ3n) is 2.89. The molecule has 14 heavy (non-hydrogen) atoms. The molecule has 0 aromatic carbocycles. The summed E-state index contributed by atoms with van der Waals surface area (Å²) in [5, 5.41) is 7.31. The Hall–Kier alpha value is -0.830. The summed E-state index contributed by atoms with van der Waals surface area (Å²) in [6, 6.07) is 2.11. The van der Waals surface area contributed by atoms with E-state index in [1.165, 1.54) is 25.7 Å². The number of nitrogens with zero attached hydrogens (tertiary/aromatic N) is 1. The van der Waals surface area contributed by atoms with Gasteiger partial charge in [-0.15, -0.1) is 0 Å². The van der Waals surface area contributed by atoms with Crippen molar-refractivity contribution in [2.45, 2.75) is 45.1 Å². The normalized spacial score (nSPS) is 17.8. The zero-order chi connectivity index (χ0) is 9.80. The second-order valence-corrected chi connectivity index (χ2v) is 3.98. The molecule has 0 spiro atoms.